The number of nitriles is 1. The number of benzene rings is 1. The largest absolute Gasteiger partial charge is 0.409 e. The third-order valence-electron chi connectivity index (χ3n) is 3.14. The monoisotopic (exact) mass is 395 g/mol. The van der Waals surface area contributed by atoms with E-state index in [0.29, 0.717) is 0 Å². The van der Waals surface area contributed by atoms with Gasteiger partial charge in [0, 0.05) is 28.5 Å². The van der Waals surface area contributed by atoms with Gasteiger partial charge in [-0.3, -0.25) is 4.99 Å². The van der Waals surface area contributed by atoms with Crippen LogP contribution in [0.15, 0.2) is 41.0 Å². The molecule has 0 unspecified atom stereocenters. The predicted octanol–water partition coefficient (Wildman–Crippen LogP) is 2.87. The van der Waals surface area contributed by atoms with Crippen molar-refractivity contribution in [3.8, 4) is 6.07 Å². The minimum atomic E-state index is -5.27. The summed E-state index contributed by atoms with van der Waals surface area (Å²) in [5.74, 6) is 0. The molecule has 1 aromatic rings. The Bertz CT molecular complexity index is 941. The Morgan fingerprint density at radius 3 is 2.60 bits per heavy atom. The average Bonchev–Trinajstić information content (AvgIpc) is 2.58. The lowest BCUT2D eigenvalue weighted by molar-refractivity contribution is -0.171. The summed E-state index contributed by atoms with van der Waals surface area (Å²) in [4.78, 5) is 3.57. The molecule has 0 amide bonds. The van der Waals surface area contributed by atoms with Crippen LogP contribution in [0, 0.1) is 11.3 Å². The first-order valence-corrected chi connectivity index (χ1v) is 8.31. The van der Waals surface area contributed by atoms with Crippen LogP contribution in [0.2, 0.25) is 5.02 Å². The van der Waals surface area contributed by atoms with E-state index >= 15 is 0 Å². The van der Waals surface area contributed by atoms with Gasteiger partial charge in [0.2, 0.25) is 0 Å². The number of alkyl halides is 3. The molecule has 0 bridgehead atoms. The summed E-state index contributed by atoms with van der Waals surface area (Å²) in [6.07, 6.45) is -3.53. The summed E-state index contributed by atoms with van der Waals surface area (Å²) in [5, 5.41) is 8.95. The maximum atomic E-state index is 13.8. The van der Waals surface area contributed by atoms with Gasteiger partial charge >= 0.3 is 16.4 Å². The summed E-state index contributed by atoms with van der Waals surface area (Å²) in [6.45, 7) is -4.37. The van der Waals surface area contributed by atoms with Gasteiger partial charge in [0.25, 0.3) is 0 Å². The van der Waals surface area contributed by atoms with Crippen molar-refractivity contribution in [3.05, 3.63) is 46.6 Å². The summed E-state index contributed by atoms with van der Waals surface area (Å²) < 4.78 is 89.2. The van der Waals surface area contributed by atoms with E-state index in [-0.39, 0.29) is 14.9 Å². The van der Waals surface area contributed by atoms with Gasteiger partial charge in [0.1, 0.15) is 18.8 Å². The normalized spacial score (nSPS) is 18.8. The standard InChI is InChI=1S/C14H12ClF3N4O2S/c1-21(25(23,24)22-8-10(6-19)7-20-9-22)13(14(16,17)18)11-2-4-12(15)5-3-11/h2-5,7-8,13H,9H2,1H3/t13-/m1/s1/i1D3. The highest BCUT2D eigenvalue weighted by molar-refractivity contribution is 7.86. The van der Waals surface area contributed by atoms with Crippen LogP contribution in [0.25, 0.3) is 0 Å². The Morgan fingerprint density at radius 1 is 1.44 bits per heavy atom. The molecule has 1 atom stereocenters. The van der Waals surface area contributed by atoms with Crippen LogP contribution in [0.3, 0.4) is 0 Å². The first-order valence-electron chi connectivity index (χ1n) is 8.03. The summed E-state index contributed by atoms with van der Waals surface area (Å²) in [7, 11) is -5.26. The van der Waals surface area contributed by atoms with Gasteiger partial charge in [-0.2, -0.15) is 31.2 Å². The highest BCUT2D eigenvalue weighted by Crippen LogP contribution is 2.39. The molecule has 1 aromatic carbocycles. The van der Waals surface area contributed by atoms with E-state index < -0.39 is 45.9 Å². The number of allylic oxidation sites excluding steroid dienone is 1. The molecule has 2 rings (SSSR count). The summed E-state index contributed by atoms with van der Waals surface area (Å²) in [6, 6.07) is 2.51. The number of hydrogen-bond acceptors (Lipinski definition) is 4. The molecule has 0 aromatic heterocycles. The highest BCUT2D eigenvalue weighted by atomic mass is 35.5. The molecule has 6 nitrogen and oxygen atoms in total. The predicted molar refractivity (Wildman–Crippen MR) is 85.8 cm³/mol. The second-order valence-electron chi connectivity index (χ2n) is 4.84. The fourth-order valence-electron chi connectivity index (χ4n) is 1.99. The second kappa shape index (κ2) is 7.03. The van der Waals surface area contributed by atoms with Crippen molar-refractivity contribution in [2.24, 2.45) is 4.99 Å². The molecular weight excluding hydrogens is 381 g/mol. The Labute approximate surface area is 151 Å². The zero-order valence-corrected chi connectivity index (χ0v) is 13.8. The smallest absolute Gasteiger partial charge is 0.269 e. The molecule has 1 aliphatic rings. The SMILES string of the molecule is [2H]C([2H])([2H])N([C@H](c1ccc(Cl)cc1)C(F)(F)F)S(=O)(=O)N1C=C(C#N)C=NC1. The van der Waals surface area contributed by atoms with Crippen LogP contribution in [0.1, 0.15) is 15.7 Å². The van der Waals surface area contributed by atoms with Crippen molar-refractivity contribution in [2.45, 2.75) is 12.2 Å². The van der Waals surface area contributed by atoms with Gasteiger partial charge in [-0.05, 0) is 17.7 Å². The van der Waals surface area contributed by atoms with Crippen LogP contribution < -0.4 is 0 Å². The lowest BCUT2D eigenvalue weighted by Gasteiger charge is -2.33. The minimum Gasteiger partial charge on any atom is -0.269 e. The van der Waals surface area contributed by atoms with Crippen LogP contribution in [0.5, 0.6) is 0 Å². The van der Waals surface area contributed by atoms with E-state index in [0.717, 1.165) is 36.7 Å². The fraction of sp³-hybridized carbons (Fsp3) is 0.286. The molecule has 1 aliphatic heterocycles. The van der Waals surface area contributed by atoms with E-state index in [1.54, 1.807) is 6.07 Å². The molecule has 0 aliphatic carbocycles. The van der Waals surface area contributed by atoms with Crippen molar-refractivity contribution in [1.82, 2.24) is 8.61 Å². The highest BCUT2D eigenvalue weighted by Gasteiger charge is 2.48. The lowest BCUT2D eigenvalue weighted by Crippen LogP contribution is -2.46. The third kappa shape index (κ3) is 4.12. The number of hydrogen-bond donors (Lipinski definition) is 0. The van der Waals surface area contributed by atoms with E-state index in [1.807, 2.05) is 0 Å². The minimum absolute atomic E-state index is 0.0833. The van der Waals surface area contributed by atoms with E-state index in [4.69, 9.17) is 21.0 Å². The van der Waals surface area contributed by atoms with Gasteiger partial charge in [0.05, 0.1) is 5.57 Å². The van der Waals surface area contributed by atoms with Crippen molar-refractivity contribution >= 4 is 28.0 Å². The topological polar surface area (TPSA) is 76.8 Å². The van der Waals surface area contributed by atoms with Crippen LogP contribution in [-0.2, 0) is 10.2 Å². The molecule has 0 N–H and O–H groups in total. The van der Waals surface area contributed by atoms with Crippen molar-refractivity contribution in [1.29, 1.82) is 5.26 Å². The van der Waals surface area contributed by atoms with Crippen molar-refractivity contribution in [3.63, 3.8) is 0 Å². The maximum absolute atomic E-state index is 13.8. The third-order valence-corrected chi connectivity index (χ3v) is 4.91. The van der Waals surface area contributed by atoms with Gasteiger partial charge in [-0.25, -0.2) is 4.31 Å². The molecule has 0 fully saturated rings. The Kier molecular flexibility index (Phi) is 4.27. The first-order chi connectivity index (χ1) is 12.8. The maximum Gasteiger partial charge on any atom is 0.409 e. The zero-order chi connectivity index (χ0) is 21.3. The average molecular weight is 396 g/mol. The Hall–Kier alpha value is -2.09. The van der Waals surface area contributed by atoms with E-state index in [1.165, 1.54) is 0 Å². The van der Waals surface area contributed by atoms with Crippen molar-refractivity contribution in [2.75, 3.05) is 13.6 Å². The number of aliphatic imine (C=N–C) groups is 1. The van der Waals surface area contributed by atoms with Crippen LogP contribution >= 0.6 is 11.6 Å². The molecule has 134 valence electrons. The molecule has 1 heterocycles. The van der Waals surface area contributed by atoms with Crippen molar-refractivity contribution < 1.29 is 25.7 Å². The molecule has 0 saturated heterocycles. The van der Waals surface area contributed by atoms with Crippen LogP contribution in [-0.4, -0.2) is 43.1 Å². The lowest BCUT2D eigenvalue weighted by atomic mass is 10.1. The van der Waals surface area contributed by atoms with Gasteiger partial charge in [0.15, 0.2) is 0 Å². The van der Waals surface area contributed by atoms with E-state index in [9.17, 15) is 21.6 Å². The molecule has 11 heteroatoms. The summed E-state index contributed by atoms with van der Waals surface area (Å²) >= 11 is 5.66. The fourth-order valence-corrected chi connectivity index (χ4v) is 3.31. The molecule has 0 radical (unpaired) electrons. The molecule has 0 saturated carbocycles. The zero-order valence-electron chi connectivity index (χ0n) is 15.3. The number of rotatable bonds is 4. The van der Waals surface area contributed by atoms with Gasteiger partial charge in [-0.1, -0.05) is 23.7 Å². The quantitative estimate of drug-likeness (QED) is 0.786. The molecular formula is C14H12ClF3N4O2S. The van der Waals surface area contributed by atoms with Crippen LogP contribution in [0.4, 0.5) is 13.2 Å². The molecule has 0 spiro atoms. The second-order valence-corrected chi connectivity index (χ2v) is 7.03. The molecule has 25 heavy (non-hydrogen) atoms. The van der Waals surface area contributed by atoms with E-state index in [2.05, 4.69) is 4.99 Å². The Balaban J connectivity index is 2.66. The number of nitrogens with zero attached hydrogens (tertiary/aromatic N) is 4. The number of halogens is 4. The Morgan fingerprint density at radius 2 is 2.08 bits per heavy atom. The van der Waals surface area contributed by atoms with Gasteiger partial charge in [-0.15, -0.1) is 0 Å². The summed E-state index contributed by atoms with van der Waals surface area (Å²) in [5.41, 5.74) is -0.906. The van der Waals surface area contributed by atoms with Gasteiger partial charge < -0.3 is 0 Å². The first kappa shape index (κ1) is 15.2.